The number of aliphatic carboxylic acids is 1. The lowest BCUT2D eigenvalue weighted by molar-refractivity contribution is -0.139. The fourth-order valence-electron chi connectivity index (χ4n) is 5.58. The Morgan fingerprint density at radius 2 is 1.95 bits per heavy atom. The van der Waals surface area contributed by atoms with E-state index in [1.54, 1.807) is 16.8 Å². The molecule has 2 aliphatic rings. The van der Waals surface area contributed by atoms with Gasteiger partial charge < -0.3 is 19.7 Å². The number of aromatic nitrogens is 4. The average Bonchev–Trinajstić information content (AvgIpc) is 3.56. The SMILES string of the molecule is CC(O)C1CN(CCc2ccc(-c3cc(Cl)c4cn(C(C(=O)O)c5ncn6c5CC(F)C6)nc4c3Cl)cc2)C1. The second kappa shape index (κ2) is 10.2. The lowest BCUT2D eigenvalue weighted by atomic mass is 9.94. The Labute approximate surface area is 234 Å². The molecule has 3 atom stereocenters. The molecule has 1 fully saturated rings. The van der Waals surface area contributed by atoms with Gasteiger partial charge in [0.25, 0.3) is 0 Å². The number of nitrogens with zero attached hydrogens (tertiary/aromatic N) is 5. The highest BCUT2D eigenvalue weighted by Crippen LogP contribution is 2.39. The molecule has 4 heterocycles. The molecular formula is C28H28Cl2FN5O3. The first-order valence-electron chi connectivity index (χ1n) is 13.0. The summed E-state index contributed by atoms with van der Waals surface area (Å²) in [4.78, 5) is 18.9. The van der Waals surface area contributed by atoms with Gasteiger partial charge in [0.1, 0.15) is 11.7 Å². The molecule has 4 aromatic rings. The molecule has 0 saturated carbocycles. The van der Waals surface area contributed by atoms with Crippen LogP contribution in [-0.4, -0.2) is 72.3 Å². The van der Waals surface area contributed by atoms with Crippen LogP contribution in [0.2, 0.25) is 10.0 Å². The number of alkyl halides is 1. The molecular weight excluding hydrogens is 544 g/mol. The first-order chi connectivity index (χ1) is 18.7. The number of rotatable bonds is 8. The van der Waals surface area contributed by atoms with Crippen molar-refractivity contribution in [3.05, 3.63) is 69.9 Å². The lowest BCUT2D eigenvalue weighted by Crippen LogP contribution is -2.51. The zero-order valence-electron chi connectivity index (χ0n) is 21.3. The Bertz CT molecular complexity index is 1550. The van der Waals surface area contributed by atoms with Gasteiger partial charge in [-0.3, -0.25) is 4.68 Å². The van der Waals surface area contributed by atoms with Crippen LogP contribution in [-0.2, 0) is 24.2 Å². The Morgan fingerprint density at radius 3 is 2.64 bits per heavy atom. The van der Waals surface area contributed by atoms with Gasteiger partial charge in [-0.1, -0.05) is 47.5 Å². The van der Waals surface area contributed by atoms with E-state index in [9.17, 15) is 19.4 Å². The standard InChI is InChI=1S/C28H28Cl2FN5O3/c1-15(37)18-10-34(11-18)7-6-16-2-4-17(5-3-16)20-9-22(29)21-13-36(33-25(21)24(20)30)27(28(38)39)26-23-8-19(31)12-35(23)14-32-26/h2-5,9,13-15,18-19,27,37H,6-8,10-12H2,1H3,(H,38,39). The van der Waals surface area contributed by atoms with Crippen LogP contribution in [0.1, 0.15) is 29.9 Å². The Balaban J connectivity index is 1.26. The van der Waals surface area contributed by atoms with Crippen LogP contribution in [0.15, 0.2) is 42.9 Å². The molecule has 6 rings (SSSR count). The summed E-state index contributed by atoms with van der Waals surface area (Å²) in [6.45, 7) is 4.81. The highest BCUT2D eigenvalue weighted by molar-refractivity contribution is 6.42. The van der Waals surface area contributed by atoms with Crippen LogP contribution in [0.5, 0.6) is 0 Å². The number of likely N-dealkylation sites (tertiary alicyclic amines) is 1. The molecule has 2 aliphatic heterocycles. The number of carboxylic acid groups (broad SMARTS) is 1. The third-order valence-corrected chi connectivity index (χ3v) is 8.59. The predicted molar refractivity (Wildman–Crippen MR) is 147 cm³/mol. The maximum absolute atomic E-state index is 14.0. The highest BCUT2D eigenvalue weighted by Gasteiger charge is 2.34. The normalized spacial score (nSPS) is 19.3. The monoisotopic (exact) mass is 571 g/mol. The van der Waals surface area contributed by atoms with Crippen LogP contribution in [0.3, 0.4) is 0 Å². The fourth-order valence-corrected chi connectivity index (χ4v) is 6.13. The van der Waals surface area contributed by atoms with Gasteiger partial charge in [0.15, 0.2) is 6.04 Å². The highest BCUT2D eigenvalue weighted by atomic mass is 35.5. The van der Waals surface area contributed by atoms with Crippen molar-refractivity contribution in [2.24, 2.45) is 5.92 Å². The number of carboxylic acids is 1. The molecule has 204 valence electrons. The van der Waals surface area contributed by atoms with Crippen molar-refractivity contribution < 1.29 is 19.4 Å². The van der Waals surface area contributed by atoms with E-state index in [-0.39, 0.29) is 24.8 Å². The summed E-state index contributed by atoms with van der Waals surface area (Å²) in [5.74, 6) is -0.791. The second-order valence-corrected chi connectivity index (χ2v) is 11.4. The largest absolute Gasteiger partial charge is 0.479 e. The molecule has 39 heavy (non-hydrogen) atoms. The van der Waals surface area contributed by atoms with E-state index in [1.807, 2.05) is 19.1 Å². The number of hydrogen-bond donors (Lipinski definition) is 2. The summed E-state index contributed by atoms with van der Waals surface area (Å²) in [6.07, 6.45) is 2.72. The van der Waals surface area contributed by atoms with Crippen LogP contribution in [0, 0.1) is 5.92 Å². The van der Waals surface area contributed by atoms with E-state index >= 15 is 0 Å². The van der Waals surface area contributed by atoms with Crippen molar-refractivity contribution in [2.45, 2.75) is 44.6 Å². The number of fused-ring (bicyclic) bond motifs is 2. The number of aliphatic hydroxyl groups excluding tert-OH is 1. The number of imidazole rings is 1. The zero-order chi connectivity index (χ0) is 27.4. The summed E-state index contributed by atoms with van der Waals surface area (Å²) < 4.78 is 16.9. The van der Waals surface area contributed by atoms with E-state index in [1.165, 1.54) is 16.6 Å². The summed E-state index contributed by atoms with van der Waals surface area (Å²) in [6, 6.07) is 8.63. The molecule has 11 heteroatoms. The van der Waals surface area contributed by atoms with Crippen molar-refractivity contribution in [2.75, 3.05) is 19.6 Å². The van der Waals surface area contributed by atoms with Crippen molar-refractivity contribution in [3.8, 4) is 11.1 Å². The van der Waals surface area contributed by atoms with Gasteiger partial charge in [-0.2, -0.15) is 5.10 Å². The number of carbonyl (C=O) groups is 1. The maximum Gasteiger partial charge on any atom is 0.334 e. The summed E-state index contributed by atoms with van der Waals surface area (Å²) in [5.41, 5.74) is 3.97. The van der Waals surface area contributed by atoms with Gasteiger partial charge >= 0.3 is 5.97 Å². The van der Waals surface area contributed by atoms with Gasteiger partial charge in [-0.25, -0.2) is 14.2 Å². The van der Waals surface area contributed by atoms with Crippen LogP contribution in [0.4, 0.5) is 4.39 Å². The molecule has 2 aromatic carbocycles. The molecule has 0 spiro atoms. The van der Waals surface area contributed by atoms with Gasteiger partial charge in [-0.05, 0) is 30.5 Å². The van der Waals surface area contributed by atoms with Gasteiger partial charge in [-0.15, -0.1) is 0 Å². The van der Waals surface area contributed by atoms with E-state index in [0.717, 1.165) is 31.6 Å². The quantitative estimate of drug-likeness (QED) is 0.320. The van der Waals surface area contributed by atoms with Gasteiger partial charge in [0.2, 0.25) is 0 Å². The van der Waals surface area contributed by atoms with Gasteiger partial charge in [0, 0.05) is 54.8 Å². The minimum Gasteiger partial charge on any atom is -0.479 e. The summed E-state index contributed by atoms with van der Waals surface area (Å²) in [7, 11) is 0. The minimum atomic E-state index is -1.24. The molecule has 0 amide bonds. The molecule has 8 nitrogen and oxygen atoms in total. The summed E-state index contributed by atoms with van der Waals surface area (Å²) in [5, 5.41) is 25.6. The maximum atomic E-state index is 14.0. The van der Waals surface area contributed by atoms with Crippen molar-refractivity contribution >= 4 is 40.1 Å². The van der Waals surface area contributed by atoms with Crippen LogP contribution in [0.25, 0.3) is 22.0 Å². The number of halogens is 3. The predicted octanol–water partition coefficient (Wildman–Crippen LogP) is 4.63. The Kier molecular flexibility index (Phi) is 6.87. The first kappa shape index (κ1) is 26.3. The molecule has 3 unspecified atom stereocenters. The zero-order valence-corrected chi connectivity index (χ0v) is 22.8. The van der Waals surface area contributed by atoms with Crippen LogP contribution < -0.4 is 0 Å². The smallest absolute Gasteiger partial charge is 0.334 e. The first-order valence-corrected chi connectivity index (χ1v) is 13.7. The average molecular weight is 572 g/mol. The topological polar surface area (TPSA) is 96.4 Å². The number of aliphatic hydroxyl groups is 1. The number of benzene rings is 2. The van der Waals surface area contributed by atoms with Crippen molar-refractivity contribution in [1.82, 2.24) is 24.2 Å². The molecule has 1 saturated heterocycles. The number of hydrogen-bond acceptors (Lipinski definition) is 5. The minimum absolute atomic E-state index is 0.113. The third kappa shape index (κ3) is 4.82. The van der Waals surface area contributed by atoms with E-state index in [4.69, 9.17) is 23.2 Å². The molecule has 0 aliphatic carbocycles. The molecule has 2 aromatic heterocycles. The van der Waals surface area contributed by atoms with Crippen molar-refractivity contribution in [3.63, 3.8) is 0 Å². The summed E-state index contributed by atoms with van der Waals surface area (Å²) >= 11 is 13.5. The van der Waals surface area contributed by atoms with E-state index < -0.39 is 18.2 Å². The van der Waals surface area contributed by atoms with E-state index in [0.29, 0.717) is 38.1 Å². The Hall–Kier alpha value is -2.98. The molecule has 2 N–H and O–H groups in total. The fraction of sp³-hybridized carbons (Fsp3) is 0.393. The van der Waals surface area contributed by atoms with Crippen LogP contribution >= 0.6 is 23.2 Å². The second-order valence-electron chi connectivity index (χ2n) is 10.6. The van der Waals surface area contributed by atoms with Crippen molar-refractivity contribution in [1.29, 1.82) is 0 Å². The lowest BCUT2D eigenvalue weighted by Gasteiger charge is -2.40. The Morgan fingerprint density at radius 1 is 1.21 bits per heavy atom. The molecule has 0 bridgehead atoms. The van der Waals surface area contributed by atoms with E-state index in [2.05, 4.69) is 27.1 Å². The molecule has 0 radical (unpaired) electrons. The third-order valence-electron chi connectivity index (χ3n) is 7.90. The van der Waals surface area contributed by atoms with Gasteiger partial charge in [0.05, 0.1) is 34.7 Å².